The minimum absolute atomic E-state index is 0.362. The molecule has 88 valence electrons. The summed E-state index contributed by atoms with van der Waals surface area (Å²) in [7, 11) is 2.14. The second kappa shape index (κ2) is 5.21. The van der Waals surface area contributed by atoms with Crippen LogP contribution in [0.4, 0.5) is 5.82 Å². The normalized spacial score (nSPS) is 17.8. The number of hydrogen-bond donors (Lipinski definition) is 0. The Morgan fingerprint density at radius 3 is 2.56 bits per heavy atom. The molecular formula is C11H15Cl2N3. The van der Waals surface area contributed by atoms with Gasteiger partial charge in [-0.3, -0.25) is 0 Å². The van der Waals surface area contributed by atoms with Crippen LogP contribution in [0.1, 0.15) is 5.69 Å². The molecule has 1 fully saturated rings. The van der Waals surface area contributed by atoms with Gasteiger partial charge in [0, 0.05) is 26.2 Å². The minimum Gasteiger partial charge on any atom is -0.354 e. The van der Waals surface area contributed by atoms with E-state index in [2.05, 4.69) is 21.8 Å². The highest BCUT2D eigenvalue weighted by Crippen LogP contribution is 2.21. The number of alkyl halides is 1. The lowest BCUT2D eigenvalue weighted by Gasteiger charge is -2.33. The Morgan fingerprint density at radius 1 is 1.25 bits per heavy atom. The van der Waals surface area contributed by atoms with E-state index in [0.717, 1.165) is 37.7 Å². The van der Waals surface area contributed by atoms with Crippen LogP contribution < -0.4 is 4.90 Å². The van der Waals surface area contributed by atoms with Crippen LogP contribution in [0, 0.1) is 0 Å². The second-order valence-electron chi connectivity index (χ2n) is 4.02. The van der Waals surface area contributed by atoms with Gasteiger partial charge in [-0.15, -0.1) is 11.6 Å². The van der Waals surface area contributed by atoms with Gasteiger partial charge in [0.15, 0.2) is 0 Å². The van der Waals surface area contributed by atoms with E-state index in [1.807, 2.05) is 12.1 Å². The average molecular weight is 260 g/mol. The van der Waals surface area contributed by atoms with Crippen LogP contribution in [0.2, 0.25) is 5.02 Å². The Morgan fingerprint density at radius 2 is 1.94 bits per heavy atom. The molecule has 1 saturated heterocycles. The molecule has 0 spiro atoms. The zero-order chi connectivity index (χ0) is 11.5. The average Bonchev–Trinajstić information content (AvgIpc) is 2.31. The van der Waals surface area contributed by atoms with Crippen LogP contribution in [-0.4, -0.2) is 43.1 Å². The predicted molar refractivity (Wildman–Crippen MR) is 68.5 cm³/mol. The number of pyridine rings is 1. The lowest BCUT2D eigenvalue weighted by atomic mass is 10.3. The van der Waals surface area contributed by atoms with Crippen molar-refractivity contribution in [2.24, 2.45) is 0 Å². The fourth-order valence-electron chi connectivity index (χ4n) is 1.78. The molecule has 1 aliphatic heterocycles. The first-order valence-electron chi connectivity index (χ1n) is 5.35. The van der Waals surface area contributed by atoms with Gasteiger partial charge in [-0.25, -0.2) is 4.98 Å². The standard InChI is InChI=1S/C11H15Cl2N3/c1-15-4-6-16(7-5-15)11-3-2-9(13)10(8-12)14-11/h2-3H,4-8H2,1H3. The van der Waals surface area contributed by atoms with Gasteiger partial charge in [0.2, 0.25) is 0 Å². The zero-order valence-corrected chi connectivity index (χ0v) is 10.8. The molecule has 0 atom stereocenters. The summed E-state index contributed by atoms with van der Waals surface area (Å²) in [4.78, 5) is 9.07. The first-order valence-corrected chi connectivity index (χ1v) is 6.27. The third kappa shape index (κ3) is 2.59. The number of halogens is 2. The summed E-state index contributed by atoms with van der Waals surface area (Å²) < 4.78 is 0. The summed E-state index contributed by atoms with van der Waals surface area (Å²) in [5.41, 5.74) is 0.764. The van der Waals surface area contributed by atoms with Crippen LogP contribution in [0.5, 0.6) is 0 Å². The fraction of sp³-hybridized carbons (Fsp3) is 0.545. The van der Waals surface area contributed by atoms with Crippen LogP contribution >= 0.6 is 23.2 Å². The molecule has 0 saturated carbocycles. The lowest BCUT2D eigenvalue weighted by molar-refractivity contribution is 0.312. The zero-order valence-electron chi connectivity index (χ0n) is 9.29. The molecule has 0 aromatic carbocycles. The molecule has 0 bridgehead atoms. The molecule has 1 aromatic heterocycles. The minimum atomic E-state index is 0.362. The lowest BCUT2D eigenvalue weighted by Crippen LogP contribution is -2.44. The molecule has 0 aliphatic carbocycles. The summed E-state index contributed by atoms with van der Waals surface area (Å²) in [6, 6.07) is 3.84. The number of piperazine rings is 1. The van der Waals surface area contributed by atoms with Gasteiger partial charge in [0.25, 0.3) is 0 Å². The van der Waals surface area contributed by atoms with Crippen molar-refractivity contribution >= 4 is 29.0 Å². The quantitative estimate of drug-likeness (QED) is 0.760. The Hall–Kier alpha value is -0.510. The maximum absolute atomic E-state index is 5.98. The Balaban J connectivity index is 2.14. The van der Waals surface area contributed by atoms with Gasteiger partial charge >= 0.3 is 0 Å². The maximum Gasteiger partial charge on any atom is 0.129 e. The van der Waals surface area contributed by atoms with E-state index >= 15 is 0 Å². The van der Waals surface area contributed by atoms with Crippen LogP contribution in [-0.2, 0) is 5.88 Å². The molecule has 16 heavy (non-hydrogen) atoms. The third-order valence-corrected chi connectivity index (χ3v) is 3.46. The molecule has 3 nitrogen and oxygen atoms in total. The van der Waals surface area contributed by atoms with Gasteiger partial charge in [-0.1, -0.05) is 11.6 Å². The molecule has 0 radical (unpaired) electrons. The molecule has 0 unspecified atom stereocenters. The van der Waals surface area contributed by atoms with Gasteiger partial charge in [0.1, 0.15) is 5.82 Å². The van der Waals surface area contributed by atoms with Crippen LogP contribution in [0.15, 0.2) is 12.1 Å². The molecule has 2 rings (SSSR count). The second-order valence-corrected chi connectivity index (χ2v) is 4.70. The molecule has 5 heteroatoms. The van der Waals surface area contributed by atoms with Crippen molar-refractivity contribution in [2.75, 3.05) is 38.1 Å². The van der Waals surface area contributed by atoms with Gasteiger partial charge in [0.05, 0.1) is 16.6 Å². The van der Waals surface area contributed by atoms with Crippen LogP contribution in [0.25, 0.3) is 0 Å². The number of hydrogen-bond acceptors (Lipinski definition) is 3. The van der Waals surface area contributed by atoms with E-state index < -0.39 is 0 Å². The van der Waals surface area contributed by atoms with Crippen molar-refractivity contribution in [3.05, 3.63) is 22.8 Å². The maximum atomic E-state index is 5.98. The summed E-state index contributed by atoms with van der Waals surface area (Å²) in [5, 5.41) is 0.646. The Labute approximate surface area is 106 Å². The van der Waals surface area contributed by atoms with Crippen molar-refractivity contribution in [3.8, 4) is 0 Å². The van der Waals surface area contributed by atoms with E-state index in [1.54, 1.807) is 0 Å². The highest BCUT2D eigenvalue weighted by molar-refractivity contribution is 6.32. The topological polar surface area (TPSA) is 19.4 Å². The molecule has 1 aliphatic rings. The van der Waals surface area contributed by atoms with Crippen molar-refractivity contribution in [2.45, 2.75) is 5.88 Å². The molecule has 0 N–H and O–H groups in total. The van der Waals surface area contributed by atoms with Gasteiger partial charge in [-0.05, 0) is 19.2 Å². The van der Waals surface area contributed by atoms with Crippen molar-refractivity contribution in [1.29, 1.82) is 0 Å². The smallest absolute Gasteiger partial charge is 0.129 e. The molecule has 1 aromatic rings. The number of rotatable bonds is 2. The van der Waals surface area contributed by atoms with Crippen LogP contribution in [0.3, 0.4) is 0 Å². The van der Waals surface area contributed by atoms with Crippen molar-refractivity contribution < 1.29 is 0 Å². The number of aromatic nitrogens is 1. The largest absolute Gasteiger partial charge is 0.354 e. The van der Waals surface area contributed by atoms with E-state index in [1.165, 1.54) is 0 Å². The number of nitrogens with zero attached hydrogens (tertiary/aromatic N) is 3. The Bertz CT molecular complexity index is 362. The van der Waals surface area contributed by atoms with Crippen molar-refractivity contribution in [3.63, 3.8) is 0 Å². The number of anilines is 1. The van der Waals surface area contributed by atoms with Gasteiger partial charge in [-0.2, -0.15) is 0 Å². The van der Waals surface area contributed by atoms with E-state index in [4.69, 9.17) is 23.2 Å². The van der Waals surface area contributed by atoms with E-state index in [-0.39, 0.29) is 0 Å². The first kappa shape index (κ1) is 12.0. The van der Waals surface area contributed by atoms with Crippen molar-refractivity contribution in [1.82, 2.24) is 9.88 Å². The summed E-state index contributed by atoms with van der Waals surface area (Å²) >= 11 is 11.8. The molecule has 2 heterocycles. The first-order chi connectivity index (χ1) is 7.70. The summed E-state index contributed by atoms with van der Waals surface area (Å²) in [6.07, 6.45) is 0. The molecule has 0 amide bonds. The van der Waals surface area contributed by atoms with E-state index in [0.29, 0.717) is 10.9 Å². The van der Waals surface area contributed by atoms with E-state index in [9.17, 15) is 0 Å². The summed E-state index contributed by atoms with van der Waals surface area (Å²) in [6.45, 7) is 4.15. The highest BCUT2D eigenvalue weighted by atomic mass is 35.5. The van der Waals surface area contributed by atoms with Gasteiger partial charge < -0.3 is 9.80 Å². The third-order valence-electron chi connectivity index (χ3n) is 2.86. The summed E-state index contributed by atoms with van der Waals surface area (Å²) in [5.74, 6) is 1.34. The fourth-order valence-corrected chi connectivity index (χ4v) is 2.22. The highest BCUT2D eigenvalue weighted by Gasteiger charge is 2.16. The number of likely N-dealkylation sites (N-methyl/N-ethyl adjacent to an activating group) is 1. The Kier molecular flexibility index (Phi) is 3.90. The SMILES string of the molecule is CN1CCN(c2ccc(Cl)c(CCl)n2)CC1. The molecular weight excluding hydrogens is 245 g/mol. The monoisotopic (exact) mass is 259 g/mol. The predicted octanol–water partition coefficient (Wildman–Crippen LogP) is 2.23.